The molecule has 10 heteroatoms. The van der Waals surface area contributed by atoms with Gasteiger partial charge in [-0.1, -0.05) is 6.92 Å². The molecule has 0 saturated carbocycles. The molecule has 2 rings (SSSR count). The van der Waals surface area contributed by atoms with Crippen molar-refractivity contribution in [2.24, 2.45) is 23.5 Å². The summed E-state index contributed by atoms with van der Waals surface area (Å²) in [4.78, 5) is 51.1. The Kier molecular flexibility index (Phi) is 11.7. The van der Waals surface area contributed by atoms with Gasteiger partial charge in [0.25, 0.3) is 0 Å². The molecule has 0 radical (unpaired) electrons. The standard InChI is InChI=1S/C27H41N3O7/c1-4-29-14-19(33)6-5-18-12-22(30(2)3)20-10-16(11-24(35)26(20)27(18)37)9-17(7-8-31)21(15-32)23(34)13-25(28)36/h12,16-17,21,29,31-32,37H,4-11,13-15H2,1-3H3,(H2,28,36). The Morgan fingerprint density at radius 2 is 1.92 bits per heavy atom. The number of aliphatic hydroxyl groups excluding tert-OH is 2. The van der Waals surface area contributed by atoms with E-state index in [-0.39, 0.29) is 61.2 Å². The van der Waals surface area contributed by atoms with Crippen LogP contribution in [0.1, 0.15) is 60.5 Å². The summed E-state index contributed by atoms with van der Waals surface area (Å²) in [7, 11) is 3.69. The van der Waals surface area contributed by atoms with Gasteiger partial charge < -0.3 is 31.3 Å². The first-order valence-electron chi connectivity index (χ1n) is 12.9. The molecule has 1 aromatic carbocycles. The van der Waals surface area contributed by atoms with Crippen LogP contribution in [0.2, 0.25) is 0 Å². The number of Topliss-reactive ketones (excluding diaryl/α,β-unsaturated/α-hetero) is 3. The molecule has 1 amide bonds. The van der Waals surface area contributed by atoms with Crippen LogP contribution in [0.25, 0.3) is 0 Å². The van der Waals surface area contributed by atoms with Crippen LogP contribution in [-0.2, 0) is 27.2 Å². The second-order valence-electron chi connectivity index (χ2n) is 10.1. The second kappa shape index (κ2) is 14.2. The van der Waals surface area contributed by atoms with Crippen molar-refractivity contribution >= 4 is 28.9 Å². The van der Waals surface area contributed by atoms with Crippen molar-refractivity contribution in [2.75, 3.05) is 45.3 Å². The van der Waals surface area contributed by atoms with Crippen molar-refractivity contribution in [3.05, 3.63) is 22.8 Å². The number of aliphatic hydroxyl groups is 2. The summed E-state index contributed by atoms with van der Waals surface area (Å²) in [6, 6.07) is 1.82. The molecule has 1 aromatic rings. The lowest BCUT2D eigenvalue weighted by atomic mass is 9.73. The number of aryl methyl sites for hydroxylation is 1. The Balaban J connectivity index is 2.32. The molecule has 37 heavy (non-hydrogen) atoms. The van der Waals surface area contributed by atoms with E-state index in [0.29, 0.717) is 36.9 Å². The number of rotatable bonds is 16. The molecule has 206 valence electrons. The Morgan fingerprint density at radius 3 is 2.49 bits per heavy atom. The topological polar surface area (TPSA) is 170 Å². The minimum Gasteiger partial charge on any atom is -0.507 e. The van der Waals surface area contributed by atoms with Crippen molar-refractivity contribution < 1.29 is 34.5 Å². The molecule has 0 aromatic heterocycles. The molecular formula is C27H41N3O7. The maximum atomic E-state index is 13.3. The number of amides is 1. The second-order valence-corrected chi connectivity index (χ2v) is 10.1. The summed E-state index contributed by atoms with van der Waals surface area (Å²) in [5, 5.41) is 33.5. The zero-order valence-electron chi connectivity index (χ0n) is 22.1. The molecule has 0 fully saturated rings. The smallest absolute Gasteiger partial charge is 0.224 e. The molecule has 0 saturated heterocycles. The van der Waals surface area contributed by atoms with E-state index >= 15 is 0 Å². The largest absolute Gasteiger partial charge is 0.507 e. The lowest BCUT2D eigenvalue weighted by Crippen LogP contribution is -2.34. The SMILES string of the molecule is CCNCC(=O)CCc1cc(N(C)C)c2c(c1O)C(=O)CC(CC(CCO)C(CO)C(=O)CC(N)=O)C2. The first-order chi connectivity index (χ1) is 17.5. The highest BCUT2D eigenvalue weighted by Gasteiger charge is 2.36. The number of hydrogen-bond acceptors (Lipinski definition) is 9. The van der Waals surface area contributed by atoms with Crippen molar-refractivity contribution in [3.63, 3.8) is 0 Å². The van der Waals surface area contributed by atoms with Crippen LogP contribution in [0.15, 0.2) is 6.07 Å². The van der Waals surface area contributed by atoms with E-state index in [0.717, 1.165) is 5.69 Å². The Morgan fingerprint density at radius 1 is 1.22 bits per heavy atom. The van der Waals surface area contributed by atoms with Gasteiger partial charge in [0.05, 0.1) is 25.1 Å². The van der Waals surface area contributed by atoms with Gasteiger partial charge in [0.1, 0.15) is 17.3 Å². The third kappa shape index (κ3) is 8.08. The summed E-state index contributed by atoms with van der Waals surface area (Å²) in [6.45, 7) is 2.18. The quantitative estimate of drug-likeness (QED) is 0.198. The van der Waals surface area contributed by atoms with Crippen molar-refractivity contribution in [3.8, 4) is 5.75 Å². The molecule has 1 aliphatic rings. The van der Waals surface area contributed by atoms with Crippen LogP contribution >= 0.6 is 0 Å². The number of likely N-dealkylation sites (N-methyl/N-ethyl adjacent to an activating group) is 1. The summed E-state index contributed by atoms with van der Waals surface area (Å²) < 4.78 is 0. The molecule has 0 bridgehead atoms. The average Bonchev–Trinajstić information content (AvgIpc) is 2.81. The molecule has 3 unspecified atom stereocenters. The molecule has 6 N–H and O–H groups in total. The Labute approximate surface area is 218 Å². The highest BCUT2D eigenvalue weighted by Crippen LogP contribution is 2.42. The number of hydrogen-bond donors (Lipinski definition) is 5. The molecule has 3 atom stereocenters. The van der Waals surface area contributed by atoms with Crippen LogP contribution in [0.3, 0.4) is 0 Å². The maximum absolute atomic E-state index is 13.3. The van der Waals surface area contributed by atoms with Gasteiger partial charge in [-0.3, -0.25) is 19.2 Å². The zero-order chi connectivity index (χ0) is 27.7. The molecule has 0 heterocycles. The van der Waals surface area contributed by atoms with E-state index < -0.39 is 36.6 Å². The Bertz CT molecular complexity index is 993. The van der Waals surface area contributed by atoms with E-state index in [2.05, 4.69) is 5.32 Å². The summed E-state index contributed by atoms with van der Waals surface area (Å²) in [5.41, 5.74) is 7.47. The van der Waals surface area contributed by atoms with Gasteiger partial charge in [-0.2, -0.15) is 0 Å². The number of aromatic hydroxyl groups is 1. The number of nitrogens with two attached hydrogens (primary N) is 1. The number of nitrogens with one attached hydrogen (secondary N) is 1. The number of phenols is 1. The highest BCUT2D eigenvalue weighted by atomic mass is 16.3. The normalized spacial score (nSPS) is 16.7. The van der Waals surface area contributed by atoms with E-state index in [1.807, 2.05) is 32.0 Å². The summed E-state index contributed by atoms with van der Waals surface area (Å²) in [6.07, 6.45) is 1.30. The Hall–Kier alpha value is -2.82. The zero-order valence-corrected chi connectivity index (χ0v) is 22.1. The predicted octanol–water partition coefficient (Wildman–Crippen LogP) is 0.756. The van der Waals surface area contributed by atoms with Crippen LogP contribution < -0.4 is 16.0 Å². The van der Waals surface area contributed by atoms with Gasteiger partial charge in [0.15, 0.2) is 5.78 Å². The van der Waals surface area contributed by atoms with Gasteiger partial charge in [-0.15, -0.1) is 0 Å². The number of carbonyl (C=O) groups is 4. The van der Waals surface area contributed by atoms with Crippen LogP contribution in [-0.4, -0.2) is 79.0 Å². The molecule has 10 nitrogen and oxygen atoms in total. The fourth-order valence-electron chi connectivity index (χ4n) is 5.26. The first kappa shape index (κ1) is 30.4. The number of ketones is 3. The molecule has 1 aliphatic carbocycles. The van der Waals surface area contributed by atoms with Gasteiger partial charge in [-0.05, 0) is 61.3 Å². The van der Waals surface area contributed by atoms with Crippen LogP contribution in [0, 0.1) is 17.8 Å². The minimum absolute atomic E-state index is 0.0241. The van der Waals surface area contributed by atoms with E-state index in [1.54, 1.807) is 0 Å². The highest BCUT2D eigenvalue weighted by molar-refractivity contribution is 6.03. The van der Waals surface area contributed by atoms with Crippen molar-refractivity contribution in [1.29, 1.82) is 0 Å². The van der Waals surface area contributed by atoms with Gasteiger partial charge in [-0.25, -0.2) is 0 Å². The van der Waals surface area contributed by atoms with Gasteiger partial charge >= 0.3 is 0 Å². The lowest BCUT2D eigenvalue weighted by molar-refractivity contribution is -0.131. The number of phenolic OH excluding ortho intramolecular Hbond substituents is 1. The van der Waals surface area contributed by atoms with E-state index in [4.69, 9.17) is 5.73 Å². The molecule has 0 spiro atoms. The number of carbonyl (C=O) groups excluding carboxylic acids is 4. The number of benzene rings is 1. The fourth-order valence-corrected chi connectivity index (χ4v) is 5.26. The first-order valence-corrected chi connectivity index (χ1v) is 12.9. The monoisotopic (exact) mass is 519 g/mol. The van der Waals surface area contributed by atoms with Crippen LogP contribution in [0.5, 0.6) is 5.75 Å². The fraction of sp³-hybridized carbons (Fsp3) is 0.630. The van der Waals surface area contributed by atoms with Gasteiger partial charge in [0, 0.05) is 45.1 Å². The predicted molar refractivity (Wildman–Crippen MR) is 140 cm³/mol. The molecular weight excluding hydrogens is 478 g/mol. The van der Waals surface area contributed by atoms with Gasteiger partial charge in [0.2, 0.25) is 5.91 Å². The van der Waals surface area contributed by atoms with Crippen LogP contribution in [0.4, 0.5) is 5.69 Å². The number of anilines is 1. The van der Waals surface area contributed by atoms with Crippen molar-refractivity contribution in [2.45, 2.75) is 51.9 Å². The number of fused-ring (bicyclic) bond motifs is 1. The van der Waals surface area contributed by atoms with Crippen molar-refractivity contribution in [1.82, 2.24) is 5.32 Å². The third-order valence-electron chi connectivity index (χ3n) is 7.10. The lowest BCUT2D eigenvalue weighted by Gasteiger charge is -2.33. The average molecular weight is 520 g/mol. The molecule has 0 aliphatic heterocycles. The summed E-state index contributed by atoms with van der Waals surface area (Å²) >= 11 is 0. The summed E-state index contributed by atoms with van der Waals surface area (Å²) in [5.74, 6) is -3.01. The number of nitrogens with zero attached hydrogens (tertiary/aromatic N) is 1. The van der Waals surface area contributed by atoms with E-state index in [9.17, 15) is 34.5 Å². The van der Waals surface area contributed by atoms with E-state index in [1.165, 1.54) is 0 Å². The maximum Gasteiger partial charge on any atom is 0.224 e. The third-order valence-corrected chi connectivity index (χ3v) is 7.10. The minimum atomic E-state index is -0.861. The number of primary amides is 1.